The molecule has 0 bridgehead atoms. The first-order valence-electron chi connectivity index (χ1n) is 6.43. The van der Waals surface area contributed by atoms with Crippen molar-refractivity contribution >= 4 is 23.3 Å². The SMILES string of the molecule is CC(C)C(CNC(=O)NC(C)(C)c1nccs1)C(=O)O. The van der Waals surface area contributed by atoms with E-state index in [2.05, 4.69) is 15.6 Å². The fraction of sp³-hybridized carbons (Fsp3) is 0.615. The van der Waals surface area contributed by atoms with Crippen LogP contribution in [0.5, 0.6) is 0 Å². The molecule has 0 aromatic carbocycles. The Morgan fingerprint density at radius 3 is 2.55 bits per heavy atom. The predicted octanol–water partition coefficient (Wildman–Crippen LogP) is 2.03. The van der Waals surface area contributed by atoms with Crippen LogP contribution in [-0.2, 0) is 10.3 Å². The Balaban J connectivity index is 2.54. The van der Waals surface area contributed by atoms with Crippen LogP contribution in [0.25, 0.3) is 0 Å². The maximum atomic E-state index is 11.9. The van der Waals surface area contributed by atoms with Crippen molar-refractivity contribution in [3.8, 4) is 0 Å². The molecule has 112 valence electrons. The van der Waals surface area contributed by atoms with E-state index in [-0.39, 0.29) is 12.5 Å². The van der Waals surface area contributed by atoms with E-state index >= 15 is 0 Å². The van der Waals surface area contributed by atoms with Crippen LogP contribution in [0.4, 0.5) is 4.79 Å². The van der Waals surface area contributed by atoms with Crippen molar-refractivity contribution in [2.45, 2.75) is 33.2 Å². The summed E-state index contributed by atoms with van der Waals surface area (Å²) in [6.45, 7) is 7.44. The molecule has 0 saturated carbocycles. The van der Waals surface area contributed by atoms with E-state index in [1.807, 2.05) is 33.1 Å². The molecule has 20 heavy (non-hydrogen) atoms. The number of carboxylic acids is 1. The normalized spacial score (nSPS) is 13.1. The number of rotatable bonds is 6. The number of urea groups is 1. The second-order valence-corrected chi connectivity index (χ2v) is 6.38. The molecular weight excluding hydrogens is 278 g/mol. The highest BCUT2D eigenvalue weighted by atomic mass is 32.1. The summed E-state index contributed by atoms with van der Waals surface area (Å²) in [6, 6.07) is -0.392. The van der Waals surface area contributed by atoms with E-state index in [1.165, 1.54) is 11.3 Å². The number of aliphatic carboxylic acids is 1. The topological polar surface area (TPSA) is 91.3 Å². The fourth-order valence-electron chi connectivity index (χ4n) is 1.72. The van der Waals surface area contributed by atoms with Crippen LogP contribution in [0, 0.1) is 11.8 Å². The number of hydrogen-bond acceptors (Lipinski definition) is 4. The molecule has 0 radical (unpaired) electrons. The van der Waals surface area contributed by atoms with Gasteiger partial charge < -0.3 is 15.7 Å². The smallest absolute Gasteiger partial charge is 0.315 e. The summed E-state index contributed by atoms with van der Waals surface area (Å²) in [7, 11) is 0. The first-order chi connectivity index (χ1) is 9.24. The van der Waals surface area contributed by atoms with E-state index in [0.717, 1.165) is 5.01 Å². The molecule has 1 heterocycles. The minimum absolute atomic E-state index is 0.0419. The number of thiazole rings is 1. The van der Waals surface area contributed by atoms with Gasteiger partial charge in [0.25, 0.3) is 0 Å². The zero-order valence-corrected chi connectivity index (χ0v) is 13.0. The molecule has 0 fully saturated rings. The number of carboxylic acid groups (broad SMARTS) is 1. The molecule has 1 unspecified atom stereocenters. The van der Waals surface area contributed by atoms with Crippen molar-refractivity contribution in [3.63, 3.8) is 0 Å². The van der Waals surface area contributed by atoms with Crippen molar-refractivity contribution < 1.29 is 14.7 Å². The summed E-state index contributed by atoms with van der Waals surface area (Å²) in [5.41, 5.74) is -0.588. The van der Waals surface area contributed by atoms with Crippen molar-refractivity contribution in [1.82, 2.24) is 15.6 Å². The lowest BCUT2D eigenvalue weighted by molar-refractivity contribution is -0.142. The number of carbonyl (C=O) groups excluding carboxylic acids is 1. The Labute approximate surface area is 122 Å². The number of nitrogens with zero attached hydrogens (tertiary/aromatic N) is 1. The lowest BCUT2D eigenvalue weighted by Gasteiger charge is -2.25. The van der Waals surface area contributed by atoms with Gasteiger partial charge in [0.05, 0.1) is 11.5 Å². The molecule has 3 N–H and O–H groups in total. The van der Waals surface area contributed by atoms with Gasteiger partial charge in [-0.3, -0.25) is 4.79 Å². The van der Waals surface area contributed by atoms with Crippen LogP contribution in [0.1, 0.15) is 32.7 Å². The van der Waals surface area contributed by atoms with Gasteiger partial charge in [-0.1, -0.05) is 13.8 Å². The number of aromatic nitrogens is 1. The molecule has 0 aliphatic carbocycles. The van der Waals surface area contributed by atoms with Crippen molar-refractivity contribution in [2.24, 2.45) is 11.8 Å². The highest BCUT2D eigenvalue weighted by molar-refractivity contribution is 7.09. The number of hydrogen-bond donors (Lipinski definition) is 3. The average Bonchev–Trinajstić information content (AvgIpc) is 2.81. The molecule has 1 aromatic rings. The van der Waals surface area contributed by atoms with Crippen molar-refractivity contribution in [1.29, 1.82) is 0 Å². The van der Waals surface area contributed by atoms with Gasteiger partial charge in [0, 0.05) is 18.1 Å². The van der Waals surface area contributed by atoms with Gasteiger partial charge in [-0.25, -0.2) is 9.78 Å². The van der Waals surface area contributed by atoms with Gasteiger partial charge in [0.1, 0.15) is 5.01 Å². The van der Waals surface area contributed by atoms with Gasteiger partial charge in [-0.2, -0.15) is 0 Å². The van der Waals surface area contributed by atoms with Crippen LogP contribution in [0.15, 0.2) is 11.6 Å². The molecule has 0 aliphatic rings. The third-order valence-electron chi connectivity index (χ3n) is 3.00. The lowest BCUT2D eigenvalue weighted by atomic mass is 9.96. The quantitative estimate of drug-likeness (QED) is 0.749. The summed E-state index contributed by atoms with van der Waals surface area (Å²) < 4.78 is 0. The molecule has 1 atom stereocenters. The van der Waals surface area contributed by atoms with Crippen LogP contribution in [0.2, 0.25) is 0 Å². The number of amides is 2. The third kappa shape index (κ3) is 4.48. The minimum atomic E-state index is -0.903. The van der Waals surface area contributed by atoms with Gasteiger partial charge in [0.15, 0.2) is 0 Å². The third-order valence-corrected chi connectivity index (χ3v) is 4.09. The zero-order valence-electron chi connectivity index (χ0n) is 12.1. The second-order valence-electron chi connectivity index (χ2n) is 5.49. The fourth-order valence-corrected chi connectivity index (χ4v) is 2.44. The first kappa shape index (κ1) is 16.4. The summed E-state index contributed by atoms with van der Waals surface area (Å²) in [6.07, 6.45) is 1.68. The Morgan fingerprint density at radius 1 is 1.45 bits per heavy atom. The molecular formula is C13H21N3O3S. The van der Waals surface area contributed by atoms with E-state index in [1.54, 1.807) is 6.20 Å². The molecule has 2 amide bonds. The highest BCUT2D eigenvalue weighted by Gasteiger charge is 2.27. The van der Waals surface area contributed by atoms with Crippen molar-refractivity contribution in [2.75, 3.05) is 6.54 Å². The number of nitrogens with one attached hydrogen (secondary N) is 2. The summed E-state index contributed by atoms with van der Waals surface area (Å²) >= 11 is 1.46. The highest BCUT2D eigenvalue weighted by Crippen LogP contribution is 2.21. The molecule has 7 heteroatoms. The Morgan fingerprint density at radius 2 is 2.10 bits per heavy atom. The molecule has 6 nitrogen and oxygen atoms in total. The summed E-state index contributed by atoms with van der Waals surface area (Å²) in [4.78, 5) is 27.1. The maximum Gasteiger partial charge on any atom is 0.315 e. The van der Waals surface area contributed by atoms with Gasteiger partial charge in [-0.05, 0) is 19.8 Å². The minimum Gasteiger partial charge on any atom is -0.481 e. The van der Waals surface area contributed by atoms with Crippen molar-refractivity contribution in [3.05, 3.63) is 16.6 Å². The van der Waals surface area contributed by atoms with Gasteiger partial charge in [0.2, 0.25) is 0 Å². The number of carbonyl (C=O) groups is 2. The Kier molecular flexibility index (Phi) is 5.50. The largest absolute Gasteiger partial charge is 0.481 e. The lowest BCUT2D eigenvalue weighted by Crippen LogP contribution is -2.48. The monoisotopic (exact) mass is 299 g/mol. The molecule has 1 aromatic heterocycles. The van der Waals surface area contributed by atoms with Crippen LogP contribution in [0.3, 0.4) is 0 Å². The van der Waals surface area contributed by atoms with E-state index in [9.17, 15) is 9.59 Å². The maximum absolute atomic E-state index is 11.9. The second kappa shape index (κ2) is 6.69. The van der Waals surface area contributed by atoms with E-state index in [4.69, 9.17) is 5.11 Å². The predicted molar refractivity (Wildman–Crippen MR) is 77.6 cm³/mol. The first-order valence-corrected chi connectivity index (χ1v) is 7.30. The molecule has 0 aliphatic heterocycles. The summed E-state index contributed by atoms with van der Waals surface area (Å²) in [5.74, 6) is -1.54. The molecule has 0 saturated heterocycles. The van der Waals surface area contributed by atoms with Crippen LogP contribution < -0.4 is 10.6 Å². The molecule has 0 spiro atoms. The van der Waals surface area contributed by atoms with Crippen LogP contribution in [-0.4, -0.2) is 28.6 Å². The van der Waals surface area contributed by atoms with Crippen LogP contribution >= 0.6 is 11.3 Å². The average molecular weight is 299 g/mol. The van der Waals surface area contributed by atoms with E-state index < -0.39 is 23.5 Å². The standard InChI is InChI=1S/C13H21N3O3S/c1-8(2)9(10(17)18)7-15-12(19)16-13(3,4)11-14-5-6-20-11/h5-6,8-9H,7H2,1-4H3,(H,17,18)(H2,15,16,19). The molecule has 1 rings (SSSR count). The van der Waals surface area contributed by atoms with Gasteiger partial charge >= 0.3 is 12.0 Å². The Bertz CT molecular complexity index is 457. The van der Waals surface area contributed by atoms with E-state index in [0.29, 0.717) is 0 Å². The van der Waals surface area contributed by atoms with Gasteiger partial charge in [-0.15, -0.1) is 11.3 Å². The zero-order chi connectivity index (χ0) is 15.3. The Hall–Kier alpha value is -1.63. The summed E-state index contributed by atoms with van der Waals surface area (Å²) in [5, 5.41) is 17.1.